The van der Waals surface area contributed by atoms with Gasteiger partial charge in [-0.3, -0.25) is 0 Å². The summed E-state index contributed by atoms with van der Waals surface area (Å²) >= 11 is 0. The highest BCUT2D eigenvalue weighted by Crippen LogP contribution is 2.42. The van der Waals surface area contributed by atoms with Crippen molar-refractivity contribution in [1.29, 1.82) is 0 Å². The van der Waals surface area contributed by atoms with Gasteiger partial charge in [0, 0.05) is 18.7 Å². The number of ether oxygens (including phenoxy) is 6. The maximum Gasteiger partial charge on any atom is 0.347 e. The van der Waals surface area contributed by atoms with Crippen LogP contribution in [0.5, 0.6) is 28.7 Å². The van der Waals surface area contributed by atoms with Crippen molar-refractivity contribution in [1.82, 2.24) is 0 Å². The Hall–Kier alpha value is -3.43. The normalized spacial score (nSPS) is 10.9. The van der Waals surface area contributed by atoms with Gasteiger partial charge in [0.25, 0.3) is 0 Å². The van der Waals surface area contributed by atoms with E-state index in [1.54, 1.807) is 12.1 Å². The number of benzene rings is 2. The Labute approximate surface area is 178 Å². The Kier molecular flexibility index (Phi) is 6.88. The summed E-state index contributed by atoms with van der Waals surface area (Å²) in [6.07, 6.45) is 0. The van der Waals surface area contributed by atoms with E-state index < -0.39 is 5.63 Å². The summed E-state index contributed by atoms with van der Waals surface area (Å²) in [6.45, 7) is 0.134. The Morgan fingerprint density at radius 2 is 1.42 bits per heavy atom. The second kappa shape index (κ2) is 9.59. The van der Waals surface area contributed by atoms with Crippen molar-refractivity contribution in [2.45, 2.75) is 6.61 Å². The lowest BCUT2D eigenvalue weighted by atomic mass is 9.98. The first-order valence-corrected chi connectivity index (χ1v) is 9.22. The predicted octanol–water partition coefficient (Wildman–Crippen LogP) is 3.32. The molecule has 0 atom stereocenters. The highest BCUT2D eigenvalue weighted by Gasteiger charge is 2.23. The first-order chi connectivity index (χ1) is 15.0. The summed E-state index contributed by atoms with van der Waals surface area (Å²) in [5.41, 5.74) is 0.310. The molecule has 9 nitrogen and oxygen atoms in total. The van der Waals surface area contributed by atoms with E-state index in [0.29, 0.717) is 34.1 Å². The topological polar surface area (TPSA) is 106 Å². The summed E-state index contributed by atoms with van der Waals surface area (Å²) in [6, 6.07) is 6.28. The molecule has 1 aromatic heterocycles. The zero-order valence-electron chi connectivity index (χ0n) is 17.9. The van der Waals surface area contributed by atoms with Crippen molar-refractivity contribution in [3.8, 4) is 39.9 Å². The largest absolute Gasteiger partial charge is 0.506 e. The fourth-order valence-corrected chi connectivity index (χ4v) is 3.26. The van der Waals surface area contributed by atoms with Crippen molar-refractivity contribution in [3.63, 3.8) is 0 Å². The number of hydrogen-bond acceptors (Lipinski definition) is 9. The lowest BCUT2D eigenvalue weighted by Gasteiger charge is -2.16. The Morgan fingerprint density at radius 3 is 2.03 bits per heavy atom. The van der Waals surface area contributed by atoms with Crippen LogP contribution in [0.15, 0.2) is 33.5 Å². The first kappa shape index (κ1) is 22.3. The molecule has 31 heavy (non-hydrogen) atoms. The molecule has 3 aromatic rings. The number of aromatic hydroxyl groups is 1. The average molecular weight is 432 g/mol. The van der Waals surface area contributed by atoms with Crippen LogP contribution < -0.4 is 24.6 Å². The van der Waals surface area contributed by atoms with Crippen LogP contribution in [-0.4, -0.2) is 47.4 Å². The highest BCUT2D eigenvalue weighted by atomic mass is 16.7. The smallest absolute Gasteiger partial charge is 0.347 e. The monoisotopic (exact) mass is 432 g/mol. The molecule has 0 aliphatic heterocycles. The molecule has 0 unspecified atom stereocenters. The van der Waals surface area contributed by atoms with Crippen LogP contribution in [0.4, 0.5) is 0 Å². The molecular weight excluding hydrogens is 408 g/mol. The summed E-state index contributed by atoms with van der Waals surface area (Å²) in [7, 11) is 7.41. The molecule has 0 saturated heterocycles. The van der Waals surface area contributed by atoms with Gasteiger partial charge >= 0.3 is 5.63 Å². The predicted molar refractivity (Wildman–Crippen MR) is 112 cm³/mol. The quantitative estimate of drug-likeness (QED) is 0.310. The standard InChI is InChI=1S/C22H24O9/c1-25-11-30-10-12-6-16(26-2)17(27-3)7-13(12)20-21(23)14-8-18(28-4)19(29-5)9-15(14)31-22(20)24/h6-9,23H,10-11H2,1-5H3. The molecule has 0 aliphatic rings. The van der Waals surface area contributed by atoms with Crippen LogP contribution in [0.2, 0.25) is 0 Å². The molecule has 2 aromatic carbocycles. The molecular formula is C22H24O9. The minimum atomic E-state index is -0.738. The maximum absolute atomic E-state index is 12.9. The van der Waals surface area contributed by atoms with Gasteiger partial charge in [-0.05, 0) is 23.8 Å². The Bertz CT molecular complexity index is 1130. The number of fused-ring (bicyclic) bond motifs is 1. The van der Waals surface area contributed by atoms with E-state index in [9.17, 15) is 9.90 Å². The van der Waals surface area contributed by atoms with Crippen LogP contribution in [0.3, 0.4) is 0 Å². The van der Waals surface area contributed by atoms with Crippen LogP contribution in [0.25, 0.3) is 22.1 Å². The second-order valence-corrected chi connectivity index (χ2v) is 6.44. The minimum Gasteiger partial charge on any atom is -0.506 e. The van der Waals surface area contributed by atoms with Gasteiger partial charge in [0.1, 0.15) is 23.7 Å². The SMILES string of the molecule is COCOCc1cc(OC)c(OC)cc1-c1c(O)c2cc(OC)c(OC)cc2oc1=O. The lowest BCUT2D eigenvalue weighted by Crippen LogP contribution is -2.08. The average Bonchev–Trinajstić information content (AvgIpc) is 2.78. The number of methoxy groups -OCH3 is 5. The number of hydrogen-bond donors (Lipinski definition) is 1. The van der Waals surface area contributed by atoms with Gasteiger partial charge in [-0.25, -0.2) is 4.79 Å². The molecule has 0 spiro atoms. The van der Waals surface area contributed by atoms with Crippen LogP contribution in [0, 0.1) is 0 Å². The zero-order chi connectivity index (χ0) is 22.5. The first-order valence-electron chi connectivity index (χ1n) is 9.22. The van der Waals surface area contributed by atoms with Crippen LogP contribution >= 0.6 is 0 Å². The summed E-state index contributed by atoms with van der Waals surface area (Å²) in [5, 5.41) is 11.3. The van der Waals surface area contributed by atoms with Gasteiger partial charge < -0.3 is 37.9 Å². The minimum absolute atomic E-state index is 0.0447. The third-order valence-corrected chi connectivity index (χ3v) is 4.72. The van der Waals surface area contributed by atoms with E-state index in [2.05, 4.69) is 0 Å². The van der Waals surface area contributed by atoms with E-state index in [4.69, 9.17) is 32.8 Å². The fourth-order valence-electron chi connectivity index (χ4n) is 3.26. The second-order valence-electron chi connectivity index (χ2n) is 6.44. The lowest BCUT2D eigenvalue weighted by molar-refractivity contribution is -0.0389. The fraction of sp³-hybridized carbons (Fsp3) is 0.318. The summed E-state index contributed by atoms with van der Waals surface area (Å²) < 4.78 is 37.2. The molecule has 1 heterocycles. The van der Waals surface area contributed by atoms with Gasteiger partial charge in [-0.15, -0.1) is 0 Å². The molecule has 0 fully saturated rings. The maximum atomic E-state index is 12.9. The van der Waals surface area contributed by atoms with Gasteiger partial charge in [0.05, 0.1) is 40.4 Å². The van der Waals surface area contributed by atoms with E-state index in [-0.39, 0.29) is 35.7 Å². The third kappa shape index (κ3) is 4.23. The Morgan fingerprint density at radius 1 is 0.839 bits per heavy atom. The van der Waals surface area contributed by atoms with E-state index in [0.717, 1.165) is 0 Å². The molecule has 0 bridgehead atoms. The van der Waals surface area contributed by atoms with Gasteiger partial charge in [0.2, 0.25) is 0 Å². The molecule has 3 rings (SSSR count). The van der Waals surface area contributed by atoms with Gasteiger partial charge in [-0.1, -0.05) is 0 Å². The van der Waals surface area contributed by atoms with E-state index >= 15 is 0 Å². The molecule has 166 valence electrons. The van der Waals surface area contributed by atoms with Gasteiger partial charge in [0.15, 0.2) is 23.0 Å². The van der Waals surface area contributed by atoms with Crippen molar-refractivity contribution >= 4 is 11.0 Å². The van der Waals surface area contributed by atoms with Crippen LogP contribution in [-0.2, 0) is 16.1 Å². The summed E-state index contributed by atoms with van der Waals surface area (Å²) in [5.74, 6) is 1.29. The highest BCUT2D eigenvalue weighted by molar-refractivity contribution is 5.93. The molecule has 0 saturated carbocycles. The summed E-state index contributed by atoms with van der Waals surface area (Å²) in [4.78, 5) is 12.9. The molecule has 0 radical (unpaired) electrons. The molecule has 0 amide bonds. The van der Waals surface area contributed by atoms with E-state index in [1.807, 2.05) is 0 Å². The molecule has 9 heteroatoms. The Balaban J connectivity index is 2.29. The van der Waals surface area contributed by atoms with Crippen molar-refractivity contribution in [2.75, 3.05) is 42.3 Å². The molecule has 1 N–H and O–H groups in total. The van der Waals surface area contributed by atoms with Crippen LogP contribution in [0.1, 0.15) is 5.56 Å². The zero-order valence-corrected chi connectivity index (χ0v) is 17.9. The molecule has 0 aliphatic carbocycles. The van der Waals surface area contributed by atoms with Gasteiger partial charge in [-0.2, -0.15) is 0 Å². The number of rotatable bonds is 9. The van der Waals surface area contributed by atoms with Crippen molar-refractivity contribution in [2.24, 2.45) is 0 Å². The van der Waals surface area contributed by atoms with E-state index in [1.165, 1.54) is 47.7 Å². The third-order valence-electron chi connectivity index (χ3n) is 4.72. The van der Waals surface area contributed by atoms with Crippen molar-refractivity contribution < 1.29 is 37.9 Å². The van der Waals surface area contributed by atoms with Crippen molar-refractivity contribution in [3.05, 3.63) is 40.2 Å².